The van der Waals surface area contributed by atoms with E-state index in [-0.39, 0.29) is 12.1 Å². The second kappa shape index (κ2) is 5.22. The van der Waals surface area contributed by atoms with Crippen LogP contribution in [0.5, 0.6) is 0 Å². The Morgan fingerprint density at radius 2 is 2.32 bits per heavy atom. The van der Waals surface area contributed by atoms with E-state index in [9.17, 15) is 5.11 Å². The van der Waals surface area contributed by atoms with E-state index < -0.39 is 0 Å². The van der Waals surface area contributed by atoms with E-state index in [1.54, 1.807) is 22.1 Å². The summed E-state index contributed by atoms with van der Waals surface area (Å²) in [4.78, 5) is 5.61. The van der Waals surface area contributed by atoms with Crippen LogP contribution in [0.4, 0.5) is 11.8 Å². The van der Waals surface area contributed by atoms with E-state index in [4.69, 9.17) is 5.73 Å². The third-order valence-electron chi connectivity index (χ3n) is 4.10. The molecule has 3 heterocycles. The Kier molecular flexibility index (Phi) is 3.20. The molecule has 114 valence electrons. The van der Waals surface area contributed by atoms with Gasteiger partial charge in [0.2, 0.25) is 5.95 Å². The maximum atomic E-state index is 9.61. The molecule has 8 heteroatoms. The first-order valence-electron chi connectivity index (χ1n) is 7.15. The van der Waals surface area contributed by atoms with Crippen LogP contribution in [0.3, 0.4) is 0 Å². The van der Waals surface area contributed by atoms with Crippen LogP contribution in [0.25, 0.3) is 5.65 Å². The third kappa shape index (κ3) is 2.30. The molecule has 1 saturated carbocycles. The van der Waals surface area contributed by atoms with Crippen molar-refractivity contribution in [2.75, 3.05) is 11.1 Å². The fourth-order valence-electron chi connectivity index (χ4n) is 2.88. The lowest BCUT2D eigenvalue weighted by atomic mass is 9.77. The number of anilines is 2. The van der Waals surface area contributed by atoms with Crippen LogP contribution in [0.1, 0.15) is 23.8 Å². The molecule has 3 aromatic heterocycles. The fourth-order valence-corrected chi connectivity index (χ4v) is 3.74. The van der Waals surface area contributed by atoms with Gasteiger partial charge >= 0.3 is 0 Å². The first-order chi connectivity index (χ1) is 10.7. The molecule has 0 radical (unpaired) electrons. The molecule has 1 aliphatic carbocycles. The van der Waals surface area contributed by atoms with Crippen LogP contribution in [-0.2, 0) is 0 Å². The lowest BCUT2D eigenvalue weighted by Crippen LogP contribution is -2.35. The second-order valence-corrected chi connectivity index (χ2v) is 6.56. The van der Waals surface area contributed by atoms with Gasteiger partial charge in [0, 0.05) is 10.9 Å². The Labute approximate surface area is 130 Å². The molecule has 4 N–H and O–H groups in total. The number of rotatable bonds is 4. The molecule has 0 saturated heterocycles. The maximum absolute atomic E-state index is 9.61. The molecule has 22 heavy (non-hydrogen) atoms. The van der Waals surface area contributed by atoms with Gasteiger partial charge in [-0.05, 0) is 30.2 Å². The zero-order valence-electron chi connectivity index (χ0n) is 11.8. The van der Waals surface area contributed by atoms with Crippen molar-refractivity contribution in [3.05, 3.63) is 34.8 Å². The lowest BCUT2D eigenvalue weighted by molar-refractivity contribution is 0.0344. The summed E-state index contributed by atoms with van der Waals surface area (Å²) >= 11 is 1.70. The van der Waals surface area contributed by atoms with Crippen molar-refractivity contribution < 1.29 is 5.11 Å². The molecular formula is C14H16N6OS. The molecule has 1 aliphatic rings. The normalized spacial score (nSPS) is 22.4. The lowest BCUT2D eigenvalue weighted by Gasteiger charge is -2.37. The molecule has 0 spiro atoms. The summed E-state index contributed by atoms with van der Waals surface area (Å²) in [6.07, 6.45) is 2.96. The number of aliphatic hydroxyl groups is 1. The minimum absolute atomic E-state index is 0.126. The van der Waals surface area contributed by atoms with Gasteiger partial charge in [-0.25, -0.2) is 0 Å². The first-order valence-corrected chi connectivity index (χ1v) is 8.03. The molecule has 7 nitrogen and oxygen atoms in total. The predicted octanol–water partition coefficient (Wildman–Crippen LogP) is 1.69. The molecule has 1 fully saturated rings. The van der Waals surface area contributed by atoms with E-state index in [0.29, 0.717) is 23.3 Å². The Morgan fingerprint density at radius 3 is 3.05 bits per heavy atom. The maximum Gasteiger partial charge on any atom is 0.209 e. The van der Waals surface area contributed by atoms with Crippen molar-refractivity contribution in [1.82, 2.24) is 19.6 Å². The highest BCUT2D eigenvalue weighted by molar-refractivity contribution is 7.10. The number of aliphatic hydroxyl groups excluding tert-OH is 1. The monoisotopic (exact) mass is 316 g/mol. The number of thiophene rings is 1. The van der Waals surface area contributed by atoms with E-state index >= 15 is 0 Å². The second-order valence-electron chi connectivity index (χ2n) is 5.58. The number of nitrogen functional groups attached to an aromatic ring is 1. The minimum Gasteiger partial charge on any atom is -0.393 e. The van der Waals surface area contributed by atoms with Gasteiger partial charge in [-0.15, -0.1) is 21.5 Å². The van der Waals surface area contributed by atoms with E-state index in [0.717, 1.165) is 12.8 Å². The summed E-state index contributed by atoms with van der Waals surface area (Å²) in [5.41, 5.74) is 6.60. The number of hydrogen-bond donors (Lipinski definition) is 3. The van der Waals surface area contributed by atoms with Crippen molar-refractivity contribution in [2.45, 2.75) is 25.0 Å². The average Bonchev–Trinajstić information content (AvgIpc) is 3.12. The summed E-state index contributed by atoms with van der Waals surface area (Å²) in [6.45, 7) is 0. The number of hydrogen-bond acceptors (Lipinski definition) is 7. The highest BCUT2D eigenvalue weighted by atomic mass is 32.1. The Hall–Kier alpha value is -2.19. The summed E-state index contributed by atoms with van der Waals surface area (Å²) in [7, 11) is 0. The zero-order chi connectivity index (χ0) is 15.1. The molecular weight excluding hydrogens is 300 g/mol. The molecule has 0 bridgehead atoms. The summed E-state index contributed by atoms with van der Waals surface area (Å²) in [5, 5.41) is 23.0. The Balaban J connectivity index is 1.65. The number of nitrogens with zero attached hydrogens (tertiary/aromatic N) is 4. The molecule has 1 atom stereocenters. The number of fused-ring (bicyclic) bond motifs is 1. The SMILES string of the molecule is Nc1nc(NC(c2cccs2)C2CC(O)C2)cc2nncn12. The number of aromatic nitrogens is 4. The van der Waals surface area contributed by atoms with Crippen LogP contribution in [-0.4, -0.2) is 30.8 Å². The molecule has 4 rings (SSSR count). The van der Waals surface area contributed by atoms with Crippen molar-refractivity contribution in [1.29, 1.82) is 0 Å². The molecule has 0 aromatic carbocycles. The Morgan fingerprint density at radius 1 is 1.45 bits per heavy atom. The van der Waals surface area contributed by atoms with E-state index in [1.807, 2.05) is 12.1 Å². The quantitative estimate of drug-likeness (QED) is 0.677. The van der Waals surface area contributed by atoms with Gasteiger partial charge in [0.1, 0.15) is 12.1 Å². The number of nitrogens with one attached hydrogen (secondary N) is 1. The van der Waals surface area contributed by atoms with Gasteiger partial charge in [0.15, 0.2) is 5.65 Å². The minimum atomic E-state index is -0.189. The van der Waals surface area contributed by atoms with Crippen LogP contribution >= 0.6 is 11.3 Å². The van der Waals surface area contributed by atoms with Gasteiger partial charge < -0.3 is 16.2 Å². The zero-order valence-corrected chi connectivity index (χ0v) is 12.6. The van der Waals surface area contributed by atoms with Gasteiger partial charge in [-0.2, -0.15) is 4.98 Å². The highest BCUT2D eigenvalue weighted by Gasteiger charge is 2.35. The molecule has 0 amide bonds. The van der Waals surface area contributed by atoms with Crippen molar-refractivity contribution in [2.24, 2.45) is 5.92 Å². The fraction of sp³-hybridized carbons (Fsp3) is 0.357. The topological polar surface area (TPSA) is 101 Å². The molecule has 0 aliphatic heterocycles. The van der Waals surface area contributed by atoms with Crippen LogP contribution in [0.15, 0.2) is 29.9 Å². The average molecular weight is 316 g/mol. The van der Waals surface area contributed by atoms with Crippen LogP contribution in [0, 0.1) is 5.92 Å². The van der Waals surface area contributed by atoms with Gasteiger partial charge in [-0.3, -0.25) is 4.40 Å². The van der Waals surface area contributed by atoms with Crippen LogP contribution in [0.2, 0.25) is 0 Å². The molecule has 1 unspecified atom stereocenters. The summed E-state index contributed by atoms with van der Waals surface area (Å²) in [6, 6.07) is 6.10. The van der Waals surface area contributed by atoms with Crippen LogP contribution < -0.4 is 11.1 Å². The standard InChI is InChI=1S/C14H16N6OS/c15-14-18-11(6-12-19-16-7-20(12)14)17-13(8-4-9(21)5-8)10-2-1-3-22-10/h1-3,6-9,13,17,21H,4-5H2,(H2,15,18). The first kappa shape index (κ1) is 13.5. The predicted molar refractivity (Wildman–Crippen MR) is 84.6 cm³/mol. The van der Waals surface area contributed by atoms with Gasteiger partial charge in [0.05, 0.1) is 12.1 Å². The highest BCUT2D eigenvalue weighted by Crippen LogP contribution is 2.41. The Bertz CT molecular complexity index is 780. The van der Waals surface area contributed by atoms with E-state index in [2.05, 4.69) is 31.9 Å². The van der Waals surface area contributed by atoms with Gasteiger partial charge in [-0.1, -0.05) is 6.07 Å². The largest absolute Gasteiger partial charge is 0.393 e. The summed E-state index contributed by atoms with van der Waals surface area (Å²) < 4.78 is 1.64. The smallest absolute Gasteiger partial charge is 0.209 e. The van der Waals surface area contributed by atoms with E-state index in [1.165, 1.54) is 4.88 Å². The van der Waals surface area contributed by atoms with Crippen molar-refractivity contribution in [3.8, 4) is 0 Å². The molecule has 3 aromatic rings. The van der Waals surface area contributed by atoms with Crippen molar-refractivity contribution in [3.63, 3.8) is 0 Å². The number of nitrogens with two attached hydrogens (primary N) is 1. The summed E-state index contributed by atoms with van der Waals surface area (Å²) in [5.74, 6) is 1.42. The van der Waals surface area contributed by atoms with Crippen molar-refractivity contribution >= 4 is 28.8 Å². The van der Waals surface area contributed by atoms with Gasteiger partial charge in [0.25, 0.3) is 0 Å². The third-order valence-corrected chi connectivity index (χ3v) is 5.05.